The van der Waals surface area contributed by atoms with Crippen molar-refractivity contribution in [1.29, 1.82) is 0 Å². The van der Waals surface area contributed by atoms with Crippen LogP contribution < -0.4 is 11.1 Å². The molecule has 0 aliphatic heterocycles. The maximum absolute atomic E-state index is 13.0. The van der Waals surface area contributed by atoms with Crippen LogP contribution in [0, 0.1) is 29.0 Å². The maximum Gasteiger partial charge on any atom is 0.123 e. The van der Waals surface area contributed by atoms with Crippen LogP contribution in [0.4, 0.5) is 4.39 Å². The van der Waals surface area contributed by atoms with Crippen molar-refractivity contribution in [2.45, 2.75) is 51.0 Å². The number of hydrogen-bond donors (Lipinski definition) is 2. The predicted molar refractivity (Wildman–Crippen MR) is 106 cm³/mol. The van der Waals surface area contributed by atoms with Crippen LogP contribution in [0.3, 0.4) is 0 Å². The Bertz CT molecular complexity index is 514. The standard InChI is InChI=1S/C20H29FN2.2ClH/c21-18-3-1-17(2-4-18)19(22)5-6-23-13-20-10-14-7-15(11-20)9-16(8-14)12-20;;/h1-4,14-16,19,23H,5-13,22H2;2*1H. The van der Waals surface area contributed by atoms with Crippen LogP contribution in [0.25, 0.3) is 0 Å². The van der Waals surface area contributed by atoms with Gasteiger partial charge in [-0.3, -0.25) is 0 Å². The van der Waals surface area contributed by atoms with E-state index >= 15 is 0 Å². The van der Waals surface area contributed by atoms with E-state index in [1.165, 1.54) is 57.2 Å². The number of nitrogens with two attached hydrogens (primary N) is 1. The van der Waals surface area contributed by atoms with Crippen molar-refractivity contribution in [3.63, 3.8) is 0 Å². The summed E-state index contributed by atoms with van der Waals surface area (Å²) < 4.78 is 13.0. The minimum absolute atomic E-state index is 0. The summed E-state index contributed by atoms with van der Waals surface area (Å²) in [7, 11) is 0. The number of rotatable bonds is 6. The summed E-state index contributed by atoms with van der Waals surface area (Å²) in [6.07, 6.45) is 9.80. The first-order chi connectivity index (χ1) is 11.1. The number of halogens is 3. The summed E-state index contributed by atoms with van der Waals surface area (Å²) in [5.74, 6) is 2.86. The van der Waals surface area contributed by atoms with Crippen LogP contribution >= 0.6 is 24.8 Å². The Morgan fingerprint density at radius 1 is 1.00 bits per heavy atom. The number of benzene rings is 1. The smallest absolute Gasteiger partial charge is 0.123 e. The topological polar surface area (TPSA) is 38.0 Å². The van der Waals surface area contributed by atoms with E-state index in [1.54, 1.807) is 12.1 Å². The molecule has 4 aliphatic carbocycles. The van der Waals surface area contributed by atoms with E-state index in [2.05, 4.69) is 5.32 Å². The van der Waals surface area contributed by atoms with Crippen molar-refractivity contribution in [2.75, 3.05) is 13.1 Å². The molecular weight excluding hydrogens is 358 g/mol. The van der Waals surface area contributed by atoms with Gasteiger partial charge in [-0.1, -0.05) is 12.1 Å². The van der Waals surface area contributed by atoms with Crippen molar-refractivity contribution in [2.24, 2.45) is 28.9 Å². The van der Waals surface area contributed by atoms with Gasteiger partial charge >= 0.3 is 0 Å². The summed E-state index contributed by atoms with van der Waals surface area (Å²) >= 11 is 0. The molecule has 4 bridgehead atoms. The van der Waals surface area contributed by atoms with Crippen LogP contribution in [0.5, 0.6) is 0 Å². The van der Waals surface area contributed by atoms with Gasteiger partial charge < -0.3 is 11.1 Å². The molecule has 1 atom stereocenters. The molecular formula is C20H31Cl2FN2. The highest BCUT2D eigenvalue weighted by atomic mass is 35.5. The van der Waals surface area contributed by atoms with Gasteiger partial charge in [-0.15, -0.1) is 24.8 Å². The Kier molecular flexibility index (Phi) is 7.17. The Balaban J connectivity index is 0.00000113. The van der Waals surface area contributed by atoms with Gasteiger partial charge in [-0.05, 0) is 92.4 Å². The molecule has 0 radical (unpaired) electrons. The van der Waals surface area contributed by atoms with Gasteiger partial charge in [-0.2, -0.15) is 0 Å². The molecule has 25 heavy (non-hydrogen) atoms. The summed E-state index contributed by atoms with van der Waals surface area (Å²) in [6.45, 7) is 2.13. The van der Waals surface area contributed by atoms with E-state index in [0.29, 0.717) is 5.41 Å². The van der Waals surface area contributed by atoms with Crippen molar-refractivity contribution >= 4 is 24.8 Å². The molecule has 0 amide bonds. The Labute approximate surface area is 163 Å². The number of nitrogens with one attached hydrogen (secondary N) is 1. The molecule has 4 fully saturated rings. The monoisotopic (exact) mass is 388 g/mol. The van der Waals surface area contributed by atoms with Gasteiger partial charge in [0, 0.05) is 12.6 Å². The third-order valence-corrected chi connectivity index (χ3v) is 6.60. The minimum atomic E-state index is -0.194. The third-order valence-electron chi connectivity index (χ3n) is 6.60. The second-order valence-corrected chi connectivity index (χ2v) is 8.54. The van der Waals surface area contributed by atoms with E-state index < -0.39 is 0 Å². The van der Waals surface area contributed by atoms with E-state index in [1.807, 2.05) is 0 Å². The average molecular weight is 389 g/mol. The second kappa shape index (κ2) is 8.56. The van der Waals surface area contributed by atoms with Crippen LogP contribution in [-0.2, 0) is 0 Å². The van der Waals surface area contributed by atoms with E-state index in [0.717, 1.165) is 36.3 Å². The summed E-state index contributed by atoms with van der Waals surface area (Å²) in [6, 6.07) is 6.60. The Hall–Kier alpha value is -0.350. The van der Waals surface area contributed by atoms with E-state index in [-0.39, 0.29) is 36.7 Å². The molecule has 3 N–H and O–H groups in total. The highest BCUT2D eigenvalue weighted by Crippen LogP contribution is 2.59. The zero-order valence-corrected chi connectivity index (χ0v) is 16.4. The molecule has 1 unspecified atom stereocenters. The lowest BCUT2D eigenvalue weighted by Gasteiger charge is -2.57. The average Bonchev–Trinajstić information content (AvgIpc) is 2.51. The first-order valence-electron chi connectivity index (χ1n) is 9.34. The summed E-state index contributed by atoms with van der Waals surface area (Å²) in [5.41, 5.74) is 7.85. The first kappa shape index (κ1) is 21.0. The molecule has 5 rings (SSSR count). The molecule has 0 heterocycles. The van der Waals surface area contributed by atoms with Crippen LogP contribution in [0.2, 0.25) is 0 Å². The van der Waals surface area contributed by atoms with E-state index in [9.17, 15) is 4.39 Å². The summed E-state index contributed by atoms with van der Waals surface area (Å²) in [5, 5.41) is 3.70. The quantitative estimate of drug-likeness (QED) is 0.682. The molecule has 5 heteroatoms. The minimum Gasteiger partial charge on any atom is -0.324 e. The largest absolute Gasteiger partial charge is 0.324 e. The van der Waals surface area contributed by atoms with Gasteiger partial charge in [0.2, 0.25) is 0 Å². The van der Waals surface area contributed by atoms with Crippen LogP contribution in [0.1, 0.15) is 56.6 Å². The van der Waals surface area contributed by atoms with Crippen molar-refractivity contribution in [3.8, 4) is 0 Å². The fourth-order valence-electron chi connectivity index (χ4n) is 5.99. The Morgan fingerprint density at radius 2 is 1.52 bits per heavy atom. The zero-order chi connectivity index (χ0) is 15.9. The maximum atomic E-state index is 13.0. The fraction of sp³-hybridized carbons (Fsp3) is 0.700. The van der Waals surface area contributed by atoms with Crippen molar-refractivity contribution in [3.05, 3.63) is 35.6 Å². The van der Waals surface area contributed by atoms with Crippen molar-refractivity contribution < 1.29 is 4.39 Å². The molecule has 0 aromatic heterocycles. The molecule has 1 aromatic carbocycles. The predicted octanol–water partition coefficient (Wildman–Crippen LogP) is 4.87. The van der Waals surface area contributed by atoms with Crippen LogP contribution in [-0.4, -0.2) is 13.1 Å². The number of hydrogen-bond acceptors (Lipinski definition) is 2. The Morgan fingerprint density at radius 3 is 2.04 bits per heavy atom. The lowest BCUT2D eigenvalue weighted by Crippen LogP contribution is -2.50. The van der Waals surface area contributed by atoms with Gasteiger partial charge in [0.25, 0.3) is 0 Å². The normalized spacial score (nSPS) is 33.4. The molecule has 1 aromatic rings. The molecule has 2 nitrogen and oxygen atoms in total. The van der Waals surface area contributed by atoms with Gasteiger partial charge in [0.05, 0.1) is 0 Å². The highest BCUT2D eigenvalue weighted by molar-refractivity contribution is 5.85. The van der Waals surface area contributed by atoms with Crippen molar-refractivity contribution in [1.82, 2.24) is 5.32 Å². The second-order valence-electron chi connectivity index (χ2n) is 8.54. The zero-order valence-electron chi connectivity index (χ0n) is 14.8. The highest BCUT2D eigenvalue weighted by Gasteiger charge is 2.50. The fourth-order valence-corrected chi connectivity index (χ4v) is 5.99. The summed E-state index contributed by atoms with van der Waals surface area (Å²) in [4.78, 5) is 0. The lowest BCUT2D eigenvalue weighted by molar-refractivity contribution is -0.0512. The van der Waals surface area contributed by atoms with Crippen LogP contribution in [0.15, 0.2) is 24.3 Å². The first-order valence-corrected chi connectivity index (χ1v) is 9.34. The van der Waals surface area contributed by atoms with Gasteiger partial charge in [0.15, 0.2) is 0 Å². The van der Waals surface area contributed by atoms with E-state index in [4.69, 9.17) is 5.73 Å². The molecule has 142 valence electrons. The molecule has 0 spiro atoms. The third kappa shape index (κ3) is 4.68. The molecule has 4 aliphatic rings. The molecule has 4 saturated carbocycles. The SMILES string of the molecule is Cl.Cl.NC(CCNCC12CC3CC(CC(C3)C1)C2)c1ccc(F)cc1. The molecule has 0 saturated heterocycles. The van der Waals surface area contributed by atoms with Gasteiger partial charge in [-0.25, -0.2) is 4.39 Å². The van der Waals surface area contributed by atoms with Gasteiger partial charge in [0.1, 0.15) is 5.82 Å². The lowest BCUT2D eigenvalue weighted by atomic mass is 9.49.